The summed E-state index contributed by atoms with van der Waals surface area (Å²) < 4.78 is 0. The average Bonchev–Trinajstić information content (AvgIpc) is 2.45. The zero-order valence-corrected chi connectivity index (χ0v) is 15.9. The molecular weight excluding hydrogens is 388 g/mol. The van der Waals surface area contributed by atoms with Crippen LogP contribution in [0.5, 0.6) is 0 Å². The van der Waals surface area contributed by atoms with Crippen molar-refractivity contribution in [3.05, 3.63) is 0 Å². The Morgan fingerprint density at radius 1 is 0.800 bits per heavy atom. The first-order valence-corrected chi connectivity index (χ1v) is 9.10. The summed E-state index contributed by atoms with van der Waals surface area (Å²) in [6.07, 6.45) is 0. The Kier molecular flexibility index (Phi) is 6.08. The fraction of sp³-hybridized carbons (Fsp3) is 0.857. The highest BCUT2D eigenvalue weighted by atomic mass is 79.9. The van der Waals surface area contributed by atoms with Gasteiger partial charge in [0.2, 0.25) is 11.8 Å². The predicted octanol–water partition coefficient (Wildman–Crippen LogP) is 2.50. The Labute approximate surface area is 138 Å². The number of rotatable bonds is 4. The molecule has 0 saturated carbocycles. The summed E-state index contributed by atoms with van der Waals surface area (Å²) in [7, 11) is 0. The van der Waals surface area contributed by atoms with Crippen molar-refractivity contribution in [2.45, 2.75) is 27.7 Å². The molecule has 0 aromatic rings. The molecule has 20 heavy (non-hydrogen) atoms. The van der Waals surface area contributed by atoms with E-state index in [2.05, 4.69) is 31.9 Å². The molecule has 4 nitrogen and oxygen atoms in total. The van der Waals surface area contributed by atoms with E-state index < -0.39 is 0 Å². The molecule has 0 atom stereocenters. The highest BCUT2D eigenvalue weighted by Crippen LogP contribution is 2.25. The van der Waals surface area contributed by atoms with E-state index >= 15 is 0 Å². The van der Waals surface area contributed by atoms with Gasteiger partial charge in [-0.15, -0.1) is 0 Å². The third-order valence-electron chi connectivity index (χ3n) is 3.68. The summed E-state index contributed by atoms with van der Waals surface area (Å²) in [4.78, 5) is 28.5. The summed E-state index contributed by atoms with van der Waals surface area (Å²) in [6.45, 7) is 10.3. The van der Waals surface area contributed by atoms with Crippen LogP contribution in [-0.4, -0.2) is 58.5 Å². The van der Waals surface area contributed by atoms with Gasteiger partial charge >= 0.3 is 0 Å². The number of nitrogens with zero attached hydrogens (tertiary/aromatic N) is 2. The Morgan fingerprint density at radius 3 is 1.25 bits per heavy atom. The van der Waals surface area contributed by atoms with Crippen molar-refractivity contribution in [3.8, 4) is 0 Å². The first kappa shape index (κ1) is 18.0. The molecule has 1 aliphatic heterocycles. The molecule has 116 valence electrons. The number of hydrogen-bond acceptors (Lipinski definition) is 2. The van der Waals surface area contributed by atoms with E-state index in [9.17, 15) is 9.59 Å². The molecular formula is C14H24Br2N2O2. The normalized spacial score (nSPS) is 17.3. The van der Waals surface area contributed by atoms with E-state index in [1.165, 1.54) is 0 Å². The molecule has 1 heterocycles. The molecule has 0 aromatic carbocycles. The fourth-order valence-electron chi connectivity index (χ4n) is 2.08. The van der Waals surface area contributed by atoms with Crippen molar-refractivity contribution in [2.24, 2.45) is 10.8 Å². The van der Waals surface area contributed by atoms with Crippen molar-refractivity contribution in [3.63, 3.8) is 0 Å². The van der Waals surface area contributed by atoms with E-state index in [1.54, 1.807) is 0 Å². The van der Waals surface area contributed by atoms with Gasteiger partial charge in [-0.2, -0.15) is 0 Å². The Morgan fingerprint density at radius 2 is 1.05 bits per heavy atom. The highest BCUT2D eigenvalue weighted by Gasteiger charge is 2.36. The van der Waals surface area contributed by atoms with E-state index in [0.717, 1.165) is 0 Å². The molecule has 1 aliphatic rings. The van der Waals surface area contributed by atoms with Crippen LogP contribution in [0.4, 0.5) is 0 Å². The van der Waals surface area contributed by atoms with Crippen molar-refractivity contribution < 1.29 is 9.59 Å². The Balaban J connectivity index is 2.61. The molecule has 0 bridgehead atoms. The number of amides is 2. The molecule has 0 aliphatic carbocycles. The van der Waals surface area contributed by atoms with Crippen LogP contribution in [0, 0.1) is 10.8 Å². The summed E-state index contributed by atoms with van der Waals surface area (Å²) >= 11 is 6.78. The maximum atomic E-state index is 12.4. The summed E-state index contributed by atoms with van der Waals surface area (Å²) in [6, 6.07) is 0. The average molecular weight is 412 g/mol. The van der Waals surface area contributed by atoms with Gasteiger partial charge in [0.25, 0.3) is 0 Å². The minimum Gasteiger partial charge on any atom is -0.339 e. The molecule has 0 N–H and O–H groups in total. The maximum absolute atomic E-state index is 12.4. The number of hydrogen-bond donors (Lipinski definition) is 0. The second-order valence-electron chi connectivity index (χ2n) is 6.62. The Bertz CT molecular complexity index is 339. The smallest absolute Gasteiger partial charge is 0.229 e. The van der Waals surface area contributed by atoms with Crippen LogP contribution in [0.3, 0.4) is 0 Å². The number of piperazine rings is 1. The zero-order chi connectivity index (χ0) is 15.6. The number of alkyl halides is 2. The molecule has 1 rings (SSSR count). The minimum atomic E-state index is -0.388. The number of carbonyl (C=O) groups is 2. The van der Waals surface area contributed by atoms with Crippen molar-refractivity contribution in [2.75, 3.05) is 36.8 Å². The third-order valence-corrected chi connectivity index (χ3v) is 6.48. The summed E-state index contributed by atoms with van der Waals surface area (Å²) in [5.74, 6) is 0.308. The largest absolute Gasteiger partial charge is 0.339 e. The molecule has 0 unspecified atom stereocenters. The van der Waals surface area contributed by atoms with E-state index in [0.29, 0.717) is 36.8 Å². The highest BCUT2D eigenvalue weighted by molar-refractivity contribution is 9.09. The van der Waals surface area contributed by atoms with E-state index in [-0.39, 0.29) is 22.6 Å². The molecule has 6 heteroatoms. The van der Waals surface area contributed by atoms with Crippen LogP contribution in [0.15, 0.2) is 0 Å². The van der Waals surface area contributed by atoms with E-state index in [4.69, 9.17) is 0 Å². The quantitative estimate of drug-likeness (QED) is 0.666. The van der Waals surface area contributed by atoms with Gasteiger partial charge in [0.15, 0.2) is 0 Å². The predicted molar refractivity (Wildman–Crippen MR) is 88.3 cm³/mol. The molecule has 0 spiro atoms. The minimum absolute atomic E-state index is 0.154. The molecule has 1 fully saturated rings. The summed E-state index contributed by atoms with van der Waals surface area (Å²) in [5.41, 5.74) is -0.775. The van der Waals surface area contributed by atoms with Crippen molar-refractivity contribution in [1.29, 1.82) is 0 Å². The van der Waals surface area contributed by atoms with Crippen LogP contribution >= 0.6 is 31.9 Å². The second kappa shape index (κ2) is 6.77. The first-order valence-electron chi connectivity index (χ1n) is 6.86. The molecule has 1 saturated heterocycles. The summed E-state index contributed by atoms with van der Waals surface area (Å²) in [5, 5.41) is 1.29. The lowest BCUT2D eigenvalue weighted by atomic mass is 9.93. The molecule has 0 aromatic heterocycles. The lowest BCUT2D eigenvalue weighted by Crippen LogP contribution is -2.55. The lowest BCUT2D eigenvalue weighted by Gasteiger charge is -2.40. The Hall–Kier alpha value is -0.100. The van der Waals surface area contributed by atoms with Crippen LogP contribution in [0.25, 0.3) is 0 Å². The number of carbonyl (C=O) groups excluding carboxylic acids is 2. The van der Waals surface area contributed by atoms with E-state index in [1.807, 2.05) is 37.5 Å². The van der Waals surface area contributed by atoms with Gasteiger partial charge in [-0.1, -0.05) is 59.6 Å². The van der Waals surface area contributed by atoms with Crippen LogP contribution in [0.1, 0.15) is 27.7 Å². The van der Waals surface area contributed by atoms with Crippen LogP contribution < -0.4 is 0 Å². The maximum Gasteiger partial charge on any atom is 0.229 e. The van der Waals surface area contributed by atoms with Gasteiger partial charge in [0.05, 0.1) is 10.8 Å². The fourth-order valence-corrected chi connectivity index (χ4v) is 2.56. The molecule has 2 amide bonds. The van der Waals surface area contributed by atoms with Gasteiger partial charge in [-0.25, -0.2) is 0 Å². The first-order chi connectivity index (χ1) is 9.15. The SMILES string of the molecule is CC(C)(CBr)C(=O)N1CCN(C(=O)C(C)(C)CBr)CC1. The third kappa shape index (κ3) is 3.97. The van der Waals surface area contributed by atoms with Gasteiger partial charge < -0.3 is 9.80 Å². The lowest BCUT2D eigenvalue weighted by molar-refractivity contribution is -0.147. The van der Waals surface area contributed by atoms with Gasteiger partial charge in [0, 0.05) is 36.8 Å². The second-order valence-corrected chi connectivity index (χ2v) is 7.74. The van der Waals surface area contributed by atoms with Gasteiger partial charge in [-0.05, 0) is 0 Å². The van der Waals surface area contributed by atoms with Crippen molar-refractivity contribution in [1.82, 2.24) is 9.80 Å². The standard InChI is InChI=1S/C14H24Br2N2O2/c1-13(2,9-15)11(19)17-5-7-18(8-6-17)12(20)14(3,4)10-16/h5-10H2,1-4H3. The number of halogens is 2. The monoisotopic (exact) mass is 410 g/mol. The van der Waals surface area contributed by atoms with Gasteiger partial charge in [-0.3, -0.25) is 9.59 Å². The zero-order valence-electron chi connectivity index (χ0n) is 12.7. The topological polar surface area (TPSA) is 40.6 Å². The molecule has 0 radical (unpaired) electrons. The van der Waals surface area contributed by atoms with Crippen LogP contribution in [0.2, 0.25) is 0 Å². The van der Waals surface area contributed by atoms with Crippen LogP contribution in [-0.2, 0) is 9.59 Å². The van der Waals surface area contributed by atoms with Gasteiger partial charge in [0.1, 0.15) is 0 Å². The van der Waals surface area contributed by atoms with Crippen molar-refractivity contribution >= 4 is 43.7 Å².